The molecule has 0 saturated carbocycles. The third-order valence-corrected chi connectivity index (χ3v) is 4.16. The van der Waals surface area contributed by atoms with Gasteiger partial charge < -0.3 is 19.5 Å². The van der Waals surface area contributed by atoms with E-state index in [4.69, 9.17) is 14.2 Å². The molecule has 1 N–H and O–H groups in total. The van der Waals surface area contributed by atoms with Gasteiger partial charge in [0.05, 0.1) is 39.2 Å². The number of hydrogen-bond donors (Lipinski definition) is 1. The van der Waals surface area contributed by atoms with Crippen LogP contribution in [0.1, 0.15) is 20.8 Å². The number of anilines is 1. The van der Waals surface area contributed by atoms with E-state index in [-0.39, 0.29) is 17.4 Å². The molecule has 0 unspecified atom stereocenters. The molecule has 1 aliphatic rings. The monoisotopic (exact) mass is 336 g/mol. The van der Waals surface area contributed by atoms with Crippen molar-refractivity contribution in [3.05, 3.63) is 18.2 Å². The number of benzene rings is 1. The zero-order valence-corrected chi connectivity index (χ0v) is 15.2. The van der Waals surface area contributed by atoms with E-state index >= 15 is 0 Å². The molecule has 1 aromatic rings. The van der Waals surface area contributed by atoms with Gasteiger partial charge in [0, 0.05) is 19.2 Å². The lowest BCUT2D eigenvalue weighted by molar-refractivity contribution is -0.121. The Kier molecular flexibility index (Phi) is 6.07. The van der Waals surface area contributed by atoms with Gasteiger partial charge in [0.1, 0.15) is 11.5 Å². The number of carbonyl (C=O) groups is 1. The molecule has 1 amide bonds. The fourth-order valence-electron chi connectivity index (χ4n) is 2.67. The Morgan fingerprint density at radius 3 is 2.71 bits per heavy atom. The van der Waals surface area contributed by atoms with Crippen molar-refractivity contribution < 1.29 is 19.0 Å². The molecule has 1 fully saturated rings. The summed E-state index contributed by atoms with van der Waals surface area (Å²) < 4.78 is 16.3. The average molecular weight is 336 g/mol. The van der Waals surface area contributed by atoms with E-state index in [1.54, 1.807) is 32.4 Å². The Balaban J connectivity index is 1.98. The zero-order chi connectivity index (χ0) is 17.7. The summed E-state index contributed by atoms with van der Waals surface area (Å²) in [4.78, 5) is 14.5. The molecule has 0 spiro atoms. The van der Waals surface area contributed by atoms with Gasteiger partial charge >= 0.3 is 0 Å². The van der Waals surface area contributed by atoms with Crippen molar-refractivity contribution in [3.8, 4) is 11.5 Å². The number of methoxy groups -OCH3 is 2. The molecule has 0 aliphatic carbocycles. The molecule has 2 rings (SSSR count). The molecule has 6 nitrogen and oxygen atoms in total. The minimum Gasteiger partial charge on any atom is -0.497 e. The molecular formula is C18H28N2O4. The van der Waals surface area contributed by atoms with Crippen molar-refractivity contribution in [1.82, 2.24) is 4.90 Å². The maximum Gasteiger partial charge on any atom is 0.238 e. The molecule has 1 heterocycles. The first-order valence-electron chi connectivity index (χ1n) is 8.19. The van der Waals surface area contributed by atoms with Gasteiger partial charge in [-0.1, -0.05) is 20.8 Å². The van der Waals surface area contributed by atoms with Crippen LogP contribution in [-0.4, -0.2) is 57.4 Å². The minimum absolute atomic E-state index is 0.0607. The first-order valence-corrected chi connectivity index (χ1v) is 8.19. The van der Waals surface area contributed by atoms with Crippen LogP contribution in [0.3, 0.4) is 0 Å². The number of nitrogens with zero attached hydrogens (tertiary/aromatic N) is 1. The third-order valence-electron chi connectivity index (χ3n) is 4.16. The highest BCUT2D eigenvalue weighted by molar-refractivity contribution is 5.94. The highest BCUT2D eigenvalue weighted by Crippen LogP contribution is 2.29. The van der Waals surface area contributed by atoms with Gasteiger partial charge in [-0.3, -0.25) is 9.69 Å². The summed E-state index contributed by atoms with van der Waals surface area (Å²) >= 11 is 0. The van der Waals surface area contributed by atoms with Crippen molar-refractivity contribution in [3.63, 3.8) is 0 Å². The summed E-state index contributed by atoms with van der Waals surface area (Å²) in [5.41, 5.74) is 0.674. The Hall–Kier alpha value is -1.79. The second-order valence-electron chi connectivity index (χ2n) is 7.07. The smallest absolute Gasteiger partial charge is 0.238 e. The lowest BCUT2D eigenvalue weighted by Gasteiger charge is -2.39. The summed E-state index contributed by atoms with van der Waals surface area (Å²) in [6.45, 7) is 8.96. The van der Waals surface area contributed by atoms with Crippen LogP contribution in [0.15, 0.2) is 18.2 Å². The minimum atomic E-state index is -0.0730. The largest absolute Gasteiger partial charge is 0.497 e. The highest BCUT2D eigenvalue weighted by Gasteiger charge is 2.31. The molecule has 24 heavy (non-hydrogen) atoms. The molecule has 1 saturated heterocycles. The van der Waals surface area contributed by atoms with Crippen LogP contribution in [-0.2, 0) is 9.53 Å². The number of amides is 1. The Labute approximate surface area is 144 Å². The van der Waals surface area contributed by atoms with Gasteiger partial charge in [-0.05, 0) is 17.5 Å². The molecule has 1 atom stereocenters. The summed E-state index contributed by atoms with van der Waals surface area (Å²) in [5.74, 6) is 1.21. The van der Waals surface area contributed by atoms with Crippen LogP contribution in [0.2, 0.25) is 0 Å². The summed E-state index contributed by atoms with van der Waals surface area (Å²) in [5, 5.41) is 2.91. The lowest BCUT2D eigenvalue weighted by atomic mass is 9.88. The Morgan fingerprint density at radius 2 is 2.08 bits per heavy atom. The van der Waals surface area contributed by atoms with E-state index in [1.165, 1.54) is 0 Å². The highest BCUT2D eigenvalue weighted by atomic mass is 16.5. The Bertz CT molecular complexity index is 569. The number of ether oxygens (including phenoxy) is 3. The molecule has 134 valence electrons. The fraction of sp³-hybridized carbons (Fsp3) is 0.611. The van der Waals surface area contributed by atoms with E-state index in [0.29, 0.717) is 30.3 Å². The van der Waals surface area contributed by atoms with Crippen molar-refractivity contribution in [2.45, 2.75) is 26.9 Å². The number of morpholine rings is 1. The van der Waals surface area contributed by atoms with Crippen molar-refractivity contribution in [2.75, 3.05) is 45.8 Å². The van der Waals surface area contributed by atoms with Crippen LogP contribution in [0.4, 0.5) is 5.69 Å². The van der Waals surface area contributed by atoms with Crippen LogP contribution in [0.5, 0.6) is 11.5 Å². The van der Waals surface area contributed by atoms with Gasteiger partial charge in [0.2, 0.25) is 5.91 Å². The van der Waals surface area contributed by atoms with Crippen molar-refractivity contribution in [1.29, 1.82) is 0 Å². The van der Waals surface area contributed by atoms with Crippen LogP contribution in [0, 0.1) is 5.41 Å². The summed E-state index contributed by atoms with van der Waals surface area (Å²) in [6.07, 6.45) is 0.130. The quantitative estimate of drug-likeness (QED) is 0.895. The predicted molar refractivity (Wildman–Crippen MR) is 93.8 cm³/mol. The Morgan fingerprint density at radius 1 is 1.33 bits per heavy atom. The van der Waals surface area contributed by atoms with E-state index in [1.807, 2.05) is 0 Å². The maximum atomic E-state index is 12.4. The van der Waals surface area contributed by atoms with Crippen LogP contribution < -0.4 is 14.8 Å². The molecule has 0 aromatic heterocycles. The van der Waals surface area contributed by atoms with Gasteiger partial charge in [-0.15, -0.1) is 0 Å². The number of hydrogen-bond acceptors (Lipinski definition) is 5. The van der Waals surface area contributed by atoms with Crippen LogP contribution >= 0.6 is 0 Å². The van der Waals surface area contributed by atoms with E-state index < -0.39 is 0 Å². The van der Waals surface area contributed by atoms with Gasteiger partial charge in [-0.2, -0.15) is 0 Å². The van der Waals surface area contributed by atoms with Crippen molar-refractivity contribution >= 4 is 11.6 Å². The number of carbonyl (C=O) groups excluding carboxylic acids is 1. The van der Waals surface area contributed by atoms with E-state index in [0.717, 1.165) is 13.1 Å². The average Bonchev–Trinajstić information content (AvgIpc) is 2.54. The first-order chi connectivity index (χ1) is 11.3. The number of rotatable bonds is 5. The normalized spacial score (nSPS) is 19.0. The topological polar surface area (TPSA) is 60.0 Å². The SMILES string of the molecule is COc1ccc(OC)c(NC(=O)CN2CCO[C@H](C(C)(C)C)C2)c1. The fourth-order valence-corrected chi connectivity index (χ4v) is 2.67. The molecule has 6 heteroatoms. The van der Waals surface area contributed by atoms with Crippen molar-refractivity contribution in [2.24, 2.45) is 5.41 Å². The summed E-state index contributed by atoms with van der Waals surface area (Å²) in [6, 6.07) is 5.33. The molecule has 1 aliphatic heterocycles. The third kappa shape index (κ3) is 4.85. The first kappa shape index (κ1) is 18.5. The van der Waals surface area contributed by atoms with Gasteiger partial charge in [-0.25, -0.2) is 0 Å². The maximum absolute atomic E-state index is 12.4. The van der Waals surface area contributed by atoms with Gasteiger partial charge in [0.25, 0.3) is 0 Å². The lowest BCUT2D eigenvalue weighted by Crippen LogP contribution is -2.50. The van der Waals surface area contributed by atoms with E-state index in [2.05, 4.69) is 31.0 Å². The zero-order valence-electron chi connectivity index (χ0n) is 15.2. The molecule has 0 bridgehead atoms. The van der Waals surface area contributed by atoms with Crippen LogP contribution in [0.25, 0.3) is 0 Å². The summed E-state index contributed by atoms with van der Waals surface area (Å²) in [7, 11) is 3.17. The number of nitrogens with one attached hydrogen (secondary N) is 1. The molecular weight excluding hydrogens is 308 g/mol. The predicted octanol–water partition coefficient (Wildman–Crippen LogP) is 2.39. The molecule has 1 aromatic carbocycles. The second-order valence-corrected chi connectivity index (χ2v) is 7.07. The second kappa shape index (κ2) is 7.85. The van der Waals surface area contributed by atoms with Gasteiger partial charge in [0.15, 0.2) is 0 Å². The molecule has 0 radical (unpaired) electrons. The van der Waals surface area contributed by atoms with E-state index in [9.17, 15) is 4.79 Å². The standard InChI is InChI=1S/C18H28N2O4/c1-18(2,3)16-11-20(8-9-24-16)12-17(21)19-14-10-13(22-4)6-7-15(14)23-5/h6-7,10,16H,8-9,11-12H2,1-5H3,(H,19,21)/t16-/m0/s1.